The minimum atomic E-state index is -0.961. The second-order valence-corrected chi connectivity index (χ2v) is 4.13. The molecule has 0 aliphatic carbocycles. The molecular weight excluding hydrogens is 240 g/mol. The van der Waals surface area contributed by atoms with E-state index in [1.165, 1.54) is 11.8 Å². The summed E-state index contributed by atoms with van der Waals surface area (Å²) in [5, 5.41) is 8.86. The van der Waals surface area contributed by atoms with Gasteiger partial charge in [-0.2, -0.15) is 0 Å². The maximum Gasteiger partial charge on any atom is 0.338 e. The lowest BCUT2D eigenvalue weighted by Crippen LogP contribution is -2.12. The predicted molar refractivity (Wildman–Crippen MR) is 65.5 cm³/mol. The summed E-state index contributed by atoms with van der Waals surface area (Å²) in [4.78, 5) is 23.3. The second kappa shape index (κ2) is 6.30. The number of carbonyl (C=O) groups excluding carboxylic acids is 1. The Hall–Kier alpha value is -1.49. The number of thioether (sulfide) groups is 1. The molecule has 17 heavy (non-hydrogen) atoms. The molecule has 0 saturated carbocycles. The molecule has 1 aromatic carbocycles. The third kappa shape index (κ3) is 3.49. The van der Waals surface area contributed by atoms with Crippen LogP contribution >= 0.6 is 11.8 Å². The molecule has 0 aromatic heterocycles. The molecule has 1 aromatic rings. The van der Waals surface area contributed by atoms with Crippen LogP contribution in [0.4, 0.5) is 0 Å². The van der Waals surface area contributed by atoms with E-state index in [1.807, 2.05) is 6.26 Å². The van der Waals surface area contributed by atoms with Crippen LogP contribution in [-0.2, 0) is 16.0 Å². The van der Waals surface area contributed by atoms with Crippen LogP contribution in [0.3, 0.4) is 0 Å². The average molecular weight is 254 g/mol. The van der Waals surface area contributed by atoms with Crippen molar-refractivity contribution >= 4 is 23.7 Å². The Labute approximate surface area is 104 Å². The minimum absolute atomic E-state index is 0.175. The number of benzene rings is 1. The van der Waals surface area contributed by atoms with Gasteiger partial charge in [0.25, 0.3) is 0 Å². The van der Waals surface area contributed by atoms with Crippen molar-refractivity contribution in [1.82, 2.24) is 0 Å². The van der Waals surface area contributed by atoms with Crippen LogP contribution < -0.4 is 0 Å². The fraction of sp³-hybridized carbons (Fsp3) is 0.333. The fourth-order valence-electron chi connectivity index (χ4n) is 1.49. The molecule has 5 heteroatoms. The highest BCUT2D eigenvalue weighted by molar-refractivity contribution is 7.98. The van der Waals surface area contributed by atoms with Crippen LogP contribution in [0.2, 0.25) is 0 Å². The molecule has 0 aliphatic rings. The first-order valence-corrected chi connectivity index (χ1v) is 6.37. The van der Waals surface area contributed by atoms with Gasteiger partial charge in [0.2, 0.25) is 0 Å². The minimum Gasteiger partial charge on any atom is -0.481 e. The van der Waals surface area contributed by atoms with Gasteiger partial charge in [-0.15, -0.1) is 11.8 Å². The number of carboxylic acid groups (broad SMARTS) is 1. The molecule has 4 nitrogen and oxygen atoms in total. The van der Waals surface area contributed by atoms with Gasteiger partial charge >= 0.3 is 11.9 Å². The Morgan fingerprint density at radius 1 is 1.41 bits per heavy atom. The zero-order valence-corrected chi connectivity index (χ0v) is 10.5. The van der Waals surface area contributed by atoms with Gasteiger partial charge in [0.15, 0.2) is 0 Å². The van der Waals surface area contributed by atoms with Gasteiger partial charge in [0, 0.05) is 4.90 Å². The highest BCUT2D eigenvalue weighted by atomic mass is 32.2. The molecule has 1 N–H and O–H groups in total. The molecule has 0 saturated heterocycles. The molecule has 0 bridgehead atoms. The molecule has 92 valence electrons. The summed E-state index contributed by atoms with van der Waals surface area (Å²) in [6.45, 7) is 1.99. The van der Waals surface area contributed by atoms with Gasteiger partial charge in [-0.1, -0.05) is 6.07 Å². The van der Waals surface area contributed by atoms with E-state index in [0.29, 0.717) is 11.1 Å². The summed E-state index contributed by atoms with van der Waals surface area (Å²) in [6.07, 6.45) is 1.67. The maximum atomic E-state index is 11.7. The van der Waals surface area contributed by atoms with Crippen molar-refractivity contribution in [2.24, 2.45) is 0 Å². The molecule has 0 spiro atoms. The maximum absolute atomic E-state index is 11.7. The summed E-state index contributed by atoms with van der Waals surface area (Å²) in [5.41, 5.74) is 0.854. The zero-order chi connectivity index (χ0) is 12.8. The highest BCUT2D eigenvalue weighted by Gasteiger charge is 2.17. The predicted octanol–water partition coefficient (Wildman–Crippen LogP) is 2.21. The van der Waals surface area contributed by atoms with Crippen molar-refractivity contribution < 1.29 is 19.4 Å². The average Bonchev–Trinajstić information content (AvgIpc) is 2.28. The van der Waals surface area contributed by atoms with E-state index in [9.17, 15) is 9.59 Å². The molecule has 0 radical (unpaired) electrons. The fourth-order valence-corrected chi connectivity index (χ4v) is 2.13. The van der Waals surface area contributed by atoms with E-state index >= 15 is 0 Å². The Bertz CT molecular complexity index is 429. The molecule has 0 unspecified atom stereocenters. The molecule has 0 atom stereocenters. The van der Waals surface area contributed by atoms with Crippen LogP contribution in [-0.4, -0.2) is 29.9 Å². The lowest BCUT2D eigenvalue weighted by atomic mass is 10.0. The first-order valence-electron chi connectivity index (χ1n) is 5.15. The van der Waals surface area contributed by atoms with Crippen molar-refractivity contribution in [3.8, 4) is 0 Å². The van der Waals surface area contributed by atoms with Crippen molar-refractivity contribution in [1.29, 1.82) is 0 Å². The molecule has 0 amide bonds. The highest BCUT2D eigenvalue weighted by Crippen LogP contribution is 2.24. The number of carbonyl (C=O) groups is 2. The van der Waals surface area contributed by atoms with Gasteiger partial charge in [-0.25, -0.2) is 4.79 Å². The Morgan fingerprint density at radius 3 is 2.65 bits per heavy atom. The van der Waals surface area contributed by atoms with Gasteiger partial charge in [0.05, 0.1) is 18.6 Å². The van der Waals surface area contributed by atoms with Gasteiger partial charge < -0.3 is 9.84 Å². The normalized spacial score (nSPS) is 10.0. The van der Waals surface area contributed by atoms with E-state index in [1.54, 1.807) is 25.1 Å². The first-order chi connectivity index (χ1) is 8.10. The Morgan fingerprint density at radius 2 is 2.12 bits per heavy atom. The largest absolute Gasteiger partial charge is 0.481 e. The topological polar surface area (TPSA) is 63.6 Å². The van der Waals surface area contributed by atoms with Crippen LogP contribution in [0, 0.1) is 0 Å². The Kier molecular flexibility index (Phi) is 5.03. The van der Waals surface area contributed by atoms with Gasteiger partial charge in [-0.3, -0.25) is 4.79 Å². The Balaban J connectivity index is 3.18. The van der Waals surface area contributed by atoms with Gasteiger partial charge in [0.1, 0.15) is 0 Å². The molecule has 0 aliphatic heterocycles. The van der Waals surface area contributed by atoms with E-state index in [2.05, 4.69) is 0 Å². The summed E-state index contributed by atoms with van der Waals surface area (Å²) in [7, 11) is 0. The molecule has 0 fully saturated rings. The summed E-state index contributed by atoms with van der Waals surface area (Å²) in [6, 6.07) is 5.12. The zero-order valence-electron chi connectivity index (χ0n) is 9.73. The third-order valence-corrected chi connectivity index (χ3v) is 3.00. The van der Waals surface area contributed by atoms with Crippen molar-refractivity contribution in [2.75, 3.05) is 12.9 Å². The number of ether oxygens (including phenoxy) is 1. The van der Waals surface area contributed by atoms with E-state index in [-0.39, 0.29) is 13.0 Å². The summed E-state index contributed by atoms with van der Waals surface area (Å²) in [5.74, 6) is -1.43. The SMILES string of the molecule is CCOC(=O)c1cccc(SC)c1CC(=O)O. The summed E-state index contributed by atoms with van der Waals surface area (Å²) < 4.78 is 4.91. The standard InChI is InChI=1S/C12H14O4S/c1-3-16-12(15)8-5-4-6-10(17-2)9(8)7-11(13)14/h4-6H,3,7H2,1-2H3,(H,13,14). The molecule has 1 rings (SSSR count). The van der Waals surface area contributed by atoms with Crippen LogP contribution in [0.25, 0.3) is 0 Å². The first kappa shape index (κ1) is 13.6. The van der Waals surface area contributed by atoms with Crippen LogP contribution in [0.15, 0.2) is 23.1 Å². The number of carboxylic acids is 1. The smallest absolute Gasteiger partial charge is 0.338 e. The van der Waals surface area contributed by atoms with Crippen molar-refractivity contribution in [3.63, 3.8) is 0 Å². The van der Waals surface area contributed by atoms with E-state index < -0.39 is 11.9 Å². The third-order valence-electron chi connectivity index (χ3n) is 2.18. The molecule has 0 heterocycles. The monoisotopic (exact) mass is 254 g/mol. The van der Waals surface area contributed by atoms with Crippen LogP contribution in [0.5, 0.6) is 0 Å². The lowest BCUT2D eigenvalue weighted by Gasteiger charge is -2.10. The quantitative estimate of drug-likeness (QED) is 0.644. The van der Waals surface area contributed by atoms with Gasteiger partial charge in [-0.05, 0) is 30.9 Å². The number of aliphatic carboxylic acids is 1. The number of hydrogen-bond donors (Lipinski definition) is 1. The van der Waals surface area contributed by atoms with Crippen molar-refractivity contribution in [2.45, 2.75) is 18.2 Å². The van der Waals surface area contributed by atoms with E-state index in [0.717, 1.165) is 4.90 Å². The van der Waals surface area contributed by atoms with Crippen molar-refractivity contribution in [3.05, 3.63) is 29.3 Å². The van der Waals surface area contributed by atoms with E-state index in [4.69, 9.17) is 9.84 Å². The second-order valence-electron chi connectivity index (χ2n) is 3.28. The number of rotatable bonds is 5. The van der Waals surface area contributed by atoms with Crippen LogP contribution in [0.1, 0.15) is 22.8 Å². The number of hydrogen-bond acceptors (Lipinski definition) is 4. The summed E-state index contributed by atoms with van der Waals surface area (Å²) >= 11 is 1.42. The number of esters is 1. The lowest BCUT2D eigenvalue weighted by molar-refractivity contribution is -0.136. The molecular formula is C12H14O4S.